The van der Waals surface area contributed by atoms with Gasteiger partial charge in [-0.25, -0.2) is 4.52 Å². The number of aryl methyl sites for hydroxylation is 1. The molecule has 0 bridgehead atoms. The molecule has 2 aromatic carbocycles. The van der Waals surface area contributed by atoms with Gasteiger partial charge >= 0.3 is 0 Å². The summed E-state index contributed by atoms with van der Waals surface area (Å²) in [6.45, 7) is 6.30. The van der Waals surface area contributed by atoms with E-state index >= 15 is 0 Å². The van der Waals surface area contributed by atoms with Gasteiger partial charge in [-0.05, 0) is 43.3 Å². The van der Waals surface area contributed by atoms with E-state index in [9.17, 15) is 4.79 Å². The summed E-state index contributed by atoms with van der Waals surface area (Å²) >= 11 is 0. The molecule has 6 heteroatoms. The first-order valence-electron chi connectivity index (χ1n) is 9.61. The first-order valence-corrected chi connectivity index (χ1v) is 9.61. The van der Waals surface area contributed by atoms with Crippen LogP contribution in [-0.4, -0.2) is 34.2 Å². The van der Waals surface area contributed by atoms with Crippen molar-refractivity contribution < 1.29 is 14.3 Å². The third kappa shape index (κ3) is 3.16. The largest absolute Gasteiger partial charge is 0.497 e. The van der Waals surface area contributed by atoms with Gasteiger partial charge in [-0.15, -0.1) is 6.58 Å². The van der Waals surface area contributed by atoms with Crippen LogP contribution >= 0.6 is 0 Å². The third-order valence-corrected chi connectivity index (χ3v) is 5.11. The lowest BCUT2D eigenvalue weighted by Crippen LogP contribution is -2.02. The fraction of sp³-hybridized carbons (Fsp3) is 0.167. The van der Waals surface area contributed by atoms with E-state index in [0.29, 0.717) is 29.3 Å². The summed E-state index contributed by atoms with van der Waals surface area (Å²) in [5, 5.41) is 4.64. The Bertz CT molecular complexity index is 1290. The predicted molar refractivity (Wildman–Crippen MR) is 119 cm³/mol. The molecule has 2 heterocycles. The average Bonchev–Trinajstić information content (AvgIpc) is 3.26. The summed E-state index contributed by atoms with van der Waals surface area (Å²) in [4.78, 5) is 13.2. The molecular formula is C24H23N3O3. The first kappa shape index (κ1) is 19.5. The monoisotopic (exact) mass is 401 g/mol. The highest BCUT2D eigenvalue weighted by molar-refractivity contribution is 6.12. The number of aromatic nitrogens is 3. The Morgan fingerprint density at radius 1 is 1.13 bits per heavy atom. The zero-order chi connectivity index (χ0) is 21.3. The van der Waals surface area contributed by atoms with Crippen molar-refractivity contribution in [1.82, 2.24) is 14.2 Å². The number of benzene rings is 2. The average molecular weight is 401 g/mol. The van der Waals surface area contributed by atoms with Gasteiger partial charge in [-0.2, -0.15) is 5.10 Å². The van der Waals surface area contributed by atoms with Crippen LogP contribution in [0.5, 0.6) is 11.5 Å². The van der Waals surface area contributed by atoms with Gasteiger partial charge in [0.1, 0.15) is 17.1 Å². The molecule has 6 nitrogen and oxygen atoms in total. The highest BCUT2D eigenvalue weighted by Gasteiger charge is 2.21. The lowest BCUT2D eigenvalue weighted by Gasteiger charge is -2.07. The van der Waals surface area contributed by atoms with Gasteiger partial charge in [-0.1, -0.05) is 18.2 Å². The molecular weight excluding hydrogens is 378 g/mol. The molecule has 0 spiro atoms. The topological polar surface area (TPSA) is 57.8 Å². The maximum atomic E-state index is 13.2. The van der Waals surface area contributed by atoms with Crippen molar-refractivity contribution >= 4 is 28.5 Å². The predicted octanol–water partition coefficient (Wildman–Crippen LogP) is 4.70. The second kappa shape index (κ2) is 7.91. The Labute approximate surface area is 174 Å². The summed E-state index contributed by atoms with van der Waals surface area (Å²) in [6, 6.07) is 13.4. The van der Waals surface area contributed by atoms with Crippen molar-refractivity contribution in [2.45, 2.75) is 13.5 Å². The Kier molecular flexibility index (Phi) is 5.14. The van der Waals surface area contributed by atoms with Crippen molar-refractivity contribution in [3.63, 3.8) is 0 Å². The second-order valence-electron chi connectivity index (χ2n) is 6.89. The SMILES string of the molecule is C=CCn1c2ccccc2n2nc(C)c(C(=O)/C=C/c3ccc(OC)cc3OC)c12. The number of imidazole rings is 1. The van der Waals surface area contributed by atoms with Crippen LogP contribution in [0.4, 0.5) is 0 Å². The molecule has 0 aliphatic rings. The number of nitrogens with zero attached hydrogens (tertiary/aromatic N) is 3. The fourth-order valence-electron chi connectivity index (χ4n) is 3.73. The number of para-hydroxylation sites is 2. The van der Waals surface area contributed by atoms with E-state index in [2.05, 4.69) is 16.2 Å². The van der Waals surface area contributed by atoms with Crippen molar-refractivity contribution in [2.24, 2.45) is 0 Å². The highest BCUT2D eigenvalue weighted by atomic mass is 16.5. The fourth-order valence-corrected chi connectivity index (χ4v) is 3.73. The molecule has 0 aliphatic carbocycles. The zero-order valence-corrected chi connectivity index (χ0v) is 17.3. The number of hydrogen-bond acceptors (Lipinski definition) is 4. The van der Waals surface area contributed by atoms with E-state index in [1.807, 2.05) is 53.9 Å². The molecule has 152 valence electrons. The number of ether oxygens (including phenoxy) is 2. The van der Waals surface area contributed by atoms with Gasteiger partial charge in [0.25, 0.3) is 0 Å². The minimum Gasteiger partial charge on any atom is -0.497 e. The van der Waals surface area contributed by atoms with Crippen LogP contribution in [0.3, 0.4) is 0 Å². The number of ketones is 1. The van der Waals surface area contributed by atoms with Crippen LogP contribution in [-0.2, 0) is 6.54 Å². The number of fused-ring (bicyclic) bond motifs is 3. The molecule has 0 atom stereocenters. The number of carbonyl (C=O) groups excluding carboxylic acids is 1. The van der Waals surface area contributed by atoms with E-state index in [1.54, 1.807) is 32.4 Å². The third-order valence-electron chi connectivity index (χ3n) is 5.11. The Morgan fingerprint density at radius 2 is 1.90 bits per heavy atom. The maximum Gasteiger partial charge on any atom is 0.191 e. The van der Waals surface area contributed by atoms with Crippen molar-refractivity contribution in [3.05, 3.63) is 78.0 Å². The van der Waals surface area contributed by atoms with Gasteiger partial charge in [0.05, 0.1) is 36.5 Å². The number of methoxy groups -OCH3 is 2. The molecule has 0 radical (unpaired) electrons. The molecule has 0 N–H and O–H groups in total. The Morgan fingerprint density at radius 3 is 2.60 bits per heavy atom. The lowest BCUT2D eigenvalue weighted by molar-refractivity contribution is 0.104. The summed E-state index contributed by atoms with van der Waals surface area (Å²) in [6.07, 6.45) is 5.13. The van der Waals surface area contributed by atoms with Gasteiger partial charge < -0.3 is 14.0 Å². The minimum absolute atomic E-state index is 0.117. The number of allylic oxidation sites excluding steroid dienone is 2. The molecule has 4 rings (SSSR count). The summed E-state index contributed by atoms with van der Waals surface area (Å²) in [5.74, 6) is 1.21. The van der Waals surface area contributed by atoms with Gasteiger partial charge in [0, 0.05) is 18.2 Å². The number of hydrogen-bond donors (Lipinski definition) is 0. The lowest BCUT2D eigenvalue weighted by atomic mass is 10.1. The first-order chi connectivity index (χ1) is 14.6. The van der Waals surface area contributed by atoms with E-state index in [-0.39, 0.29) is 5.78 Å². The van der Waals surface area contributed by atoms with E-state index in [1.165, 1.54) is 0 Å². The quantitative estimate of drug-likeness (QED) is 0.256. The molecule has 0 saturated carbocycles. The van der Waals surface area contributed by atoms with Crippen LogP contribution in [0.15, 0.2) is 61.2 Å². The second-order valence-corrected chi connectivity index (χ2v) is 6.89. The van der Waals surface area contributed by atoms with Crippen LogP contribution in [0.1, 0.15) is 21.6 Å². The summed E-state index contributed by atoms with van der Waals surface area (Å²) in [5.41, 5.74) is 4.79. The maximum absolute atomic E-state index is 13.2. The Hall–Kier alpha value is -3.80. The molecule has 0 unspecified atom stereocenters. The van der Waals surface area contributed by atoms with Crippen LogP contribution in [0, 0.1) is 6.92 Å². The molecule has 0 saturated heterocycles. The van der Waals surface area contributed by atoms with Crippen molar-refractivity contribution in [3.8, 4) is 11.5 Å². The van der Waals surface area contributed by atoms with E-state index in [4.69, 9.17) is 9.47 Å². The van der Waals surface area contributed by atoms with Crippen LogP contribution in [0.2, 0.25) is 0 Å². The standard InChI is InChI=1S/C24H23N3O3/c1-5-14-26-19-8-6-7-9-20(19)27-24(26)23(16(2)25-27)21(28)13-11-17-10-12-18(29-3)15-22(17)30-4/h5-13,15H,1,14H2,2-4H3/b13-11+. The number of carbonyl (C=O) groups is 1. The zero-order valence-electron chi connectivity index (χ0n) is 17.3. The highest BCUT2D eigenvalue weighted by Crippen LogP contribution is 2.28. The van der Waals surface area contributed by atoms with Crippen LogP contribution < -0.4 is 9.47 Å². The Balaban J connectivity index is 1.82. The molecule has 30 heavy (non-hydrogen) atoms. The molecule has 0 aliphatic heterocycles. The van der Waals surface area contributed by atoms with Crippen LogP contribution in [0.25, 0.3) is 22.8 Å². The minimum atomic E-state index is -0.117. The van der Waals surface area contributed by atoms with Gasteiger partial charge in [-0.3, -0.25) is 4.79 Å². The molecule has 2 aromatic heterocycles. The summed E-state index contributed by atoms with van der Waals surface area (Å²) < 4.78 is 14.6. The van der Waals surface area contributed by atoms with Gasteiger partial charge in [0.2, 0.25) is 0 Å². The smallest absolute Gasteiger partial charge is 0.191 e. The normalized spacial score (nSPS) is 11.4. The van der Waals surface area contributed by atoms with Crippen molar-refractivity contribution in [2.75, 3.05) is 14.2 Å². The van der Waals surface area contributed by atoms with Gasteiger partial charge in [0.15, 0.2) is 5.78 Å². The molecule has 0 amide bonds. The molecule has 0 fully saturated rings. The molecule has 4 aromatic rings. The summed E-state index contributed by atoms with van der Waals surface area (Å²) in [7, 11) is 3.19. The van der Waals surface area contributed by atoms with E-state index in [0.717, 1.165) is 22.2 Å². The van der Waals surface area contributed by atoms with Crippen molar-refractivity contribution in [1.29, 1.82) is 0 Å². The van der Waals surface area contributed by atoms with E-state index < -0.39 is 0 Å². The number of rotatable bonds is 7.